The molecule has 1 unspecified atom stereocenters. The third-order valence-corrected chi connectivity index (χ3v) is 4.87. The molecule has 0 saturated carbocycles. The molecule has 7 heteroatoms. The van der Waals surface area contributed by atoms with E-state index >= 15 is 0 Å². The molecule has 3 aromatic rings. The van der Waals surface area contributed by atoms with E-state index in [1.807, 2.05) is 35.4 Å². The summed E-state index contributed by atoms with van der Waals surface area (Å²) in [4.78, 5) is 19.5. The Bertz CT molecular complexity index is 923. The molecule has 1 atom stereocenters. The highest BCUT2D eigenvalue weighted by atomic mass is 16.5. The third-order valence-electron chi connectivity index (χ3n) is 4.87. The van der Waals surface area contributed by atoms with E-state index in [1.54, 1.807) is 27.2 Å². The first-order valence-corrected chi connectivity index (χ1v) is 8.46. The van der Waals surface area contributed by atoms with Crippen LogP contribution in [-0.4, -0.2) is 32.6 Å². The van der Waals surface area contributed by atoms with Crippen molar-refractivity contribution >= 4 is 5.91 Å². The van der Waals surface area contributed by atoms with Gasteiger partial charge in [0.1, 0.15) is 22.9 Å². The van der Waals surface area contributed by atoms with Gasteiger partial charge >= 0.3 is 0 Å². The first-order chi connectivity index (χ1) is 12.6. The number of fused-ring (bicyclic) bond motifs is 1. The van der Waals surface area contributed by atoms with Crippen molar-refractivity contribution in [2.45, 2.75) is 33.0 Å². The summed E-state index contributed by atoms with van der Waals surface area (Å²) in [7, 11) is 1.64. The molecule has 0 aliphatic carbocycles. The summed E-state index contributed by atoms with van der Waals surface area (Å²) in [5.41, 5.74) is 2.18. The maximum absolute atomic E-state index is 13.3. The molecule has 3 heterocycles. The molecular formula is C19H20N4O3. The molecule has 0 N–H and O–H groups in total. The molecule has 1 aromatic carbocycles. The quantitative estimate of drug-likeness (QED) is 0.725. The van der Waals surface area contributed by atoms with Gasteiger partial charge in [0.05, 0.1) is 25.4 Å². The lowest BCUT2D eigenvalue weighted by Crippen LogP contribution is -2.41. The number of aromatic nitrogens is 3. The number of aryl methyl sites for hydroxylation is 2. The average molecular weight is 352 g/mol. The predicted molar refractivity (Wildman–Crippen MR) is 93.8 cm³/mol. The van der Waals surface area contributed by atoms with Crippen LogP contribution in [0.3, 0.4) is 0 Å². The minimum Gasteiger partial charge on any atom is -0.497 e. The topological polar surface area (TPSA) is 73.4 Å². The Balaban J connectivity index is 1.75. The van der Waals surface area contributed by atoms with E-state index in [4.69, 9.17) is 9.26 Å². The van der Waals surface area contributed by atoms with Gasteiger partial charge in [-0.05, 0) is 31.5 Å². The van der Waals surface area contributed by atoms with Crippen LogP contribution in [0.5, 0.6) is 5.75 Å². The van der Waals surface area contributed by atoms with Crippen LogP contribution in [0.25, 0.3) is 0 Å². The van der Waals surface area contributed by atoms with Gasteiger partial charge < -0.3 is 18.7 Å². The molecule has 4 rings (SSSR count). The maximum Gasteiger partial charge on any atom is 0.260 e. The summed E-state index contributed by atoms with van der Waals surface area (Å²) in [6.07, 6.45) is 3.72. The fourth-order valence-corrected chi connectivity index (χ4v) is 3.46. The highest BCUT2D eigenvalue weighted by Gasteiger charge is 2.34. The number of rotatable bonds is 3. The van der Waals surface area contributed by atoms with E-state index < -0.39 is 0 Å². The van der Waals surface area contributed by atoms with Crippen LogP contribution in [0.2, 0.25) is 0 Å². The number of methoxy groups -OCH3 is 1. The van der Waals surface area contributed by atoms with Gasteiger partial charge in [0.25, 0.3) is 5.91 Å². The predicted octanol–water partition coefficient (Wildman–Crippen LogP) is 2.89. The molecule has 0 fully saturated rings. The second-order valence-corrected chi connectivity index (χ2v) is 6.42. The second kappa shape index (κ2) is 6.33. The van der Waals surface area contributed by atoms with Crippen molar-refractivity contribution < 1.29 is 14.1 Å². The minimum atomic E-state index is -0.108. The number of carbonyl (C=O) groups is 1. The lowest BCUT2D eigenvalue weighted by atomic mass is 10.0. The lowest BCUT2D eigenvalue weighted by Gasteiger charge is -2.36. The Morgan fingerprint density at radius 2 is 2.04 bits per heavy atom. The van der Waals surface area contributed by atoms with Crippen LogP contribution in [0.1, 0.15) is 39.2 Å². The molecule has 134 valence electrons. The van der Waals surface area contributed by atoms with Crippen molar-refractivity contribution in [1.82, 2.24) is 19.6 Å². The summed E-state index contributed by atoms with van der Waals surface area (Å²) < 4.78 is 12.5. The smallest absolute Gasteiger partial charge is 0.260 e. The lowest BCUT2D eigenvalue weighted by molar-refractivity contribution is 0.0582. The molecular weight excluding hydrogens is 332 g/mol. The fourth-order valence-electron chi connectivity index (χ4n) is 3.46. The van der Waals surface area contributed by atoms with Crippen molar-refractivity contribution in [3.05, 3.63) is 65.1 Å². The van der Waals surface area contributed by atoms with Crippen LogP contribution in [0.4, 0.5) is 0 Å². The van der Waals surface area contributed by atoms with Gasteiger partial charge in [-0.3, -0.25) is 4.79 Å². The van der Waals surface area contributed by atoms with E-state index in [0.29, 0.717) is 30.1 Å². The number of amides is 1. The van der Waals surface area contributed by atoms with Crippen molar-refractivity contribution in [2.75, 3.05) is 7.11 Å². The SMILES string of the molecule is COc1ccc(C2Cn3ccnc3CN2C(=O)c2c(C)noc2C)cc1. The van der Waals surface area contributed by atoms with Gasteiger partial charge in [-0.2, -0.15) is 0 Å². The highest BCUT2D eigenvalue weighted by molar-refractivity contribution is 5.96. The molecule has 0 bridgehead atoms. The van der Waals surface area contributed by atoms with E-state index in [0.717, 1.165) is 17.1 Å². The molecule has 1 aliphatic heterocycles. The number of nitrogens with zero attached hydrogens (tertiary/aromatic N) is 4. The van der Waals surface area contributed by atoms with Gasteiger partial charge in [-0.15, -0.1) is 0 Å². The molecule has 0 saturated heterocycles. The summed E-state index contributed by atoms with van der Waals surface area (Å²) in [5, 5.41) is 3.93. The Labute approximate surface area is 151 Å². The molecule has 2 aromatic heterocycles. The van der Waals surface area contributed by atoms with Gasteiger partial charge in [-0.1, -0.05) is 17.3 Å². The largest absolute Gasteiger partial charge is 0.497 e. The number of imidazole rings is 1. The zero-order valence-corrected chi connectivity index (χ0v) is 15.0. The number of ether oxygens (including phenoxy) is 1. The summed E-state index contributed by atoms with van der Waals surface area (Å²) in [6, 6.07) is 7.72. The van der Waals surface area contributed by atoms with Gasteiger partial charge in [0.2, 0.25) is 0 Å². The number of benzene rings is 1. The molecule has 1 amide bonds. The van der Waals surface area contributed by atoms with E-state index in [9.17, 15) is 4.79 Å². The summed E-state index contributed by atoms with van der Waals surface area (Å²) >= 11 is 0. The molecule has 7 nitrogen and oxygen atoms in total. The van der Waals surface area contributed by atoms with Gasteiger partial charge in [-0.25, -0.2) is 4.98 Å². The zero-order chi connectivity index (χ0) is 18.3. The summed E-state index contributed by atoms with van der Waals surface area (Å²) in [6.45, 7) is 4.64. The van der Waals surface area contributed by atoms with Crippen molar-refractivity contribution in [2.24, 2.45) is 0 Å². The monoisotopic (exact) mass is 352 g/mol. The maximum atomic E-state index is 13.3. The molecule has 0 spiro atoms. The molecule has 1 aliphatic rings. The van der Waals surface area contributed by atoms with Crippen LogP contribution in [0, 0.1) is 13.8 Å². The van der Waals surface area contributed by atoms with Gasteiger partial charge in [0, 0.05) is 18.9 Å². The number of hydrogen-bond donors (Lipinski definition) is 0. The number of hydrogen-bond acceptors (Lipinski definition) is 5. The third kappa shape index (κ3) is 2.65. The Kier molecular flexibility index (Phi) is 3.99. The highest BCUT2D eigenvalue weighted by Crippen LogP contribution is 2.32. The standard InChI is InChI=1S/C19H20N4O3/c1-12-18(13(2)26-21-12)19(24)23-11-17-20-8-9-22(17)10-16(23)14-4-6-15(25-3)7-5-14/h4-9,16H,10-11H2,1-3H3. The summed E-state index contributed by atoms with van der Waals surface area (Å²) in [5.74, 6) is 2.11. The first-order valence-electron chi connectivity index (χ1n) is 8.46. The van der Waals surface area contributed by atoms with Crippen LogP contribution in [-0.2, 0) is 13.1 Å². The zero-order valence-electron chi connectivity index (χ0n) is 15.0. The molecule has 0 radical (unpaired) electrons. The van der Waals surface area contributed by atoms with Crippen molar-refractivity contribution in [3.8, 4) is 5.75 Å². The van der Waals surface area contributed by atoms with E-state index in [2.05, 4.69) is 14.7 Å². The Hall–Kier alpha value is -3.09. The minimum absolute atomic E-state index is 0.0867. The van der Waals surface area contributed by atoms with Gasteiger partial charge in [0.15, 0.2) is 0 Å². The van der Waals surface area contributed by atoms with Crippen molar-refractivity contribution in [3.63, 3.8) is 0 Å². The molecule has 26 heavy (non-hydrogen) atoms. The van der Waals surface area contributed by atoms with Crippen LogP contribution >= 0.6 is 0 Å². The van der Waals surface area contributed by atoms with E-state index in [-0.39, 0.29) is 11.9 Å². The second-order valence-electron chi connectivity index (χ2n) is 6.42. The van der Waals surface area contributed by atoms with Crippen molar-refractivity contribution in [1.29, 1.82) is 0 Å². The Morgan fingerprint density at radius 1 is 1.27 bits per heavy atom. The van der Waals surface area contributed by atoms with Crippen LogP contribution < -0.4 is 4.74 Å². The Morgan fingerprint density at radius 3 is 2.69 bits per heavy atom. The van der Waals surface area contributed by atoms with Crippen LogP contribution in [0.15, 0.2) is 41.2 Å². The number of carbonyl (C=O) groups excluding carboxylic acids is 1. The first kappa shape index (κ1) is 16.4. The fraction of sp³-hybridized carbons (Fsp3) is 0.316. The van der Waals surface area contributed by atoms with E-state index in [1.165, 1.54) is 0 Å². The average Bonchev–Trinajstić information content (AvgIpc) is 3.26. The normalized spacial score (nSPS) is 16.4.